The SMILES string of the molecule is Cc1cc(C)cc(NC(N)=NCc2ncccc2F)c1.I. The molecule has 0 aliphatic heterocycles. The Morgan fingerprint density at radius 1 is 1.29 bits per heavy atom. The number of halogens is 2. The topological polar surface area (TPSA) is 63.3 Å². The predicted molar refractivity (Wildman–Crippen MR) is 94.5 cm³/mol. The highest BCUT2D eigenvalue weighted by Crippen LogP contribution is 2.13. The maximum Gasteiger partial charge on any atom is 0.193 e. The Kier molecular flexibility index (Phi) is 6.54. The Balaban J connectivity index is 0.00000220. The number of nitrogens with zero attached hydrogens (tertiary/aromatic N) is 2. The molecule has 2 rings (SSSR count). The van der Waals surface area contributed by atoms with E-state index in [1.807, 2.05) is 26.0 Å². The molecule has 112 valence electrons. The third-order valence-electron chi connectivity index (χ3n) is 2.73. The lowest BCUT2D eigenvalue weighted by Gasteiger charge is -2.08. The summed E-state index contributed by atoms with van der Waals surface area (Å²) in [5, 5.41) is 2.99. The third-order valence-corrected chi connectivity index (χ3v) is 2.73. The van der Waals surface area contributed by atoms with Crippen molar-refractivity contribution < 1.29 is 4.39 Å². The number of aromatic nitrogens is 1. The fourth-order valence-corrected chi connectivity index (χ4v) is 1.93. The van der Waals surface area contributed by atoms with Crippen LogP contribution in [-0.2, 0) is 6.54 Å². The number of nitrogens with one attached hydrogen (secondary N) is 1. The third kappa shape index (κ3) is 5.30. The summed E-state index contributed by atoms with van der Waals surface area (Å²) < 4.78 is 13.4. The lowest BCUT2D eigenvalue weighted by atomic mass is 10.1. The molecule has 4 nitrogen and oxygen atoms in total. The van der Waals surface area contributed by atoms with Crippen LogP contribution in [0.3, 0.4) is 0 Å². The van der Waals surface area contributed by atoms with Gasteiger partial charge in [0.1, 0.15) is 5.82 Å². The van der Waals surface area contributed by atoms with Crippen LogP contribution in [0.4, 0.5) is 10.1 Å². The summed E-state index contributed by atoms with van der Waals surface area (Å²) in [6, 6.07) is 8.90. The number of hydrogen-bond acceptors (Lipinski definition) is 2. The molecule has 0 amide bonds. The molecule has 1 aromatic heterocycles. The second kappa shape index (κ2) is 7.92. The first kappa shape index (κ1) is 17.4. The van der Waals surface area contributed by atoms with E-state index in [4.69, 9.17) is 5.73 Å². The molecule has 3 N–H and O–H groups in total. The van der Waals surface area contributed by atoms with Crippen molar-refractivity contribution >= 4 is 35.6 Å². The zero-order valence-electron chi connectivity index (χ0n) is 11.9. The van der Waals surface area contributed by atoms with Gasteiger partial charge in [-0.15, -0.1) is 24.0 Å². The number of guanidine groups is 1. The Morgan fingerprint density at radius 3 is 2.57 bits per heavy atom. The van der Waals surface area contributed by atoms with Crippen LogP contribution in [0.15, 0.2) is 41.5 Å². The van der Waals surface area contributed by atoms with Gasteiger partial charge < -0.3 is 11.1 Å². The largest absolute Gasteiger partial charge is 0.370 e. The summed E-state index contributed by atoms with van der Waals surface area (Å²) in [7, 11) is 0. The molecule has 1 aromatic carbocycles. The smallest absolute Gasteiger partial charge is 0.193 e. The fourth-order valence-electron chi connectivity index (χ4n) is 1.93. The summed E-state index contributed by atoms with van der Waals surface area (Å²) in [5.74, 6) is -0.143. The van der Waals surface area contributed by atoms with Crippen LogP contribution in [0.5, 0.6) is 0 Å². The monoisotopic (exact) mass is 400 g/mol. The average Bonchev–Trinajstić information content (AvgIpc) is 2.36. The van der Waals surface area contributed by atoms with Gasteiger partial charge in [0.15, 0.2) is 5.96 Å². The van der Waals surface area contributed by atoms with Crippen molar-refractivity contribution in [3.63, 3.8) is 0 Å². The summed E-state index contributed by atoms with van der Waals surface area (Å²) in [5.41, 5.74) is 9.20. The van der Waals surface area contributed by atoms with Gasteiger partial charge in [0.05, 0.1) is 12.2 Å². The van der Waals surface area contributed by atoms with Gasteiger partial charge in [-0.2, -0.15) is 0 Å². The van der Waals surface area contributed by atoms with E-state index in [1.165, 1.54) is 12.3 Å². The van der Waals surface area contributed by atoms with E-state index in [2.05, 4.69) is 21.4 Å². The van der Waals surface area contributed by atoms with E-state index < -0.39 is 0 Å². The van der Waals surface area contributed by atoms with Crippen molar-refractivity contribution in [1.82, 2.24) is 4.98 Å². The van der Waals surface area contributed by atoms with Crippen LogP contribution in [-0.4, -0.2) is 10.9 Å². The number of benzene rings is 1. The van der Waals surface area contributed by atoms with Crippen LogP contribution in [0.25, 0.3) is 0 Å². The zero-order valence-corrected chi connectivity index (χ0v) is 14.3. The van der Waals surface area contributed by atoms with E-state index in [0.717, 1.165) is 16.8 Å². The first-order valence-electron chi connectivity index (χ1n) is 6.29. The summed E-state index contributed by atoms with van der Waals surface area (Å²) in [6.07, 6.45) is 1.53. The standard InChI is InChI=1S/C15H17FN4.HI/c1-10-6-11(2)8-12(7-10)20-15(17)19-9-14-13(16)4-3-5-18-14;/h3-8H,9H2,1-2H3,(H3,17,19,20);1H. The van der Waals surface area contributed by atoms with Crippen LogP contribution in [0, 0.1) is 19.7 Å². The van der Waals surface area contributed by atoms with Crippen LogP contribution in [0.2, 0.25) is 0 Å². The number of aryl methyl sites for hydroxylation is 2. The summed E-state index contributed by atoms with van der Waals surface area (Å²) in [4.78, 5) is 8.01. The normalized spacial score (nSPS) is 10.9. The molecule has 0 radical (unpaired) electrons. The highest BCUT2D eigenvalue weighted by atomic mass is 127. The Hall–Kier alpha value is -1.70. The van der Waals surface area contributed by atoms with Gasteiger partial charge in [-0.05, 0) is 49.2 Å². The quantitative estimate of drug-likeness (QED) is 0.472. The van der Waals surface area contributed by atoms with E-state index in [1.54, 1.807) is 6.07 Å². The minimum atomic E-state index is -0.379. The predicted octanol–water partition coefficient (Wildman–Crippen LogP) is 3.38. The Morgan fingerprint density at radius 2 is 1.95 bits per heavy atom. The molecule has 0 atom stereocenters. The molecular formula is C15H18FIN4. The number of hydrogen-bond donors (Lipinski definition) is 2. The van der Waals surface area contributed by atoms with Crippen molar-refractivity contribution in [3.05, 3.63) is 59.2 Å². The first-order chi connectivity index (χ1) is 9.54. The second-order valence-electron chi connectivity index (χ2n) is 4.63. The molecule has 21 heavy (non-hydrogen) atoms. The summed E-state index contributed by atoms with van der Waals surface area (Å²) >= 11 is 0. The van der Waals surface area contributed by atoms with E-state index in [-0.39, 0.29) is 48.0 Å². The highest BCUT2D eigenvalue weighted by Gasteiger charge is 2.02. The van der Waals surface area contributed by atoms with Gasteiger partial charge >= 0.3 is 0 Å². The zero-order chi connectivity index (χ0) is 14.5. The number of rotatable bonds is 3. The number of anilines is 1. The molecule has 0 aliphatic rings. The molecule has 0 fully saturated rings. The van der Waals surface area contributed by atoms with Crippen molar-refractivity contribution in [3.8, 4) is 0 Å². The molecule has 0 unspecified atom stereocenters. The van der Waals surface area contributed by atoms with Crippen LogP contribution < -0.4 is 11.1 Å². The number of nitrogens with two attached hydrogens (primary N) is 1. The van der Waals surface area contributed by atoms with E-state index in [0.29, 0.717) is 0 Å². The second-order valence-corrected chi connectivity index (χ2v) is 4.63. The van der Waals surface area contributed by atoms with Gasteiger partial charge in [0, 0.05) is 11.9 Å². The van der Waals surface area contributed by atoms with Gasteiger partial charge in [0.25, 0.3) is 0 Å². The highest BCUT2D eigenvalue weighted by molar-refractivity contribution is 14.0. The van der Waals surface area contributed by atoms with Crippen LogP contribution >= 0.6 is 24.0 Å². The molecule has 0 saturated carbocycles. The van der Waals surface area contributed by atoms with Crippen molar-refractivity contribution in [2.45, 2.75) is 20.4 Å². The Bertz CT molecular complexity index is 623. The molecule has 0 saturated heterocycles. The summed E-state index contributed by atoms with van der Waals surface area (Å²) in [6.45, 7) is 4.12. The molecule has 0 aliphatic carbocycles. The Labute approximate surface area is 140 Å². The lowest BCUT2D eigenvalue weighted by molar-refractivity contribution is 0.600. The average molecular weight is 400 g/mol. The maximum atomic E-state index is 13.4. The van der Waals surface area contributed by atoms with E-state index in [9.17, 15) is 4.39 Å². The molecule has 2 aromatic rings. The van der Waals surface area contributed by atoms with E-state index >= 15 is 0 Å². The number of aliphatic imine (C=N–C) groups is 1. The minimum absolute atomic E-state index is 0. The van der Waals surface area contributed by atoms with Gasteiger partial charge in [0.2, 0.25) is 0 Å². The molecular weight excluding hydrogens is 382 g/mol. The van der Waals surface area contributed by atoms with Gasteiger partial charge in [-0.1, -0.05) is 6.07 Å². The van der Waals surface area contributed by atoms with Gasteiger partial charge in [-0.3, -0.25) is 4.98 Å². The minimum Gasteiger partial charge on any atom is -0.370 e. The van der Waals surface area contributed by atoms with Crippen molar-refractivity contribution in [2.75, 3.05) is 5.32 Å². The first-order valence-corrected chi connectivity index (χ1v) is 6.29. The lowest BCUT2D eigenvalue weighted by Crippen LogP contribution is -2.22. The molecule has 1 heterocycles. The molecule has 0 bridgehead atoms. The van der Waals surface area contributed by atoms with Gasteiger partial charge in [-0.25, -0.2) is 9.38 Å². The van der Waals surface area contributed by atoms with Crippen molar-refractivity contribution in [2.24, 2.45) is 10.7 Å². The van der Waals surface area contributed by atoms with Crippen LogP contribution in [0.1, 0.15) is 16.8 Å². The maximum absolute atomic E-state index is 13.4. The molecule has 6 heteroatoms. The molecule has 0 spiro atoms. The fraction of sp³-hybridized carbons (Fsp3) is 0.200. The number of pyridine rings is 1. The van der Waals surface area contributed by atoms with Crippen molar-refractivity contribution in [1.29, 1.82) is 0 Å².